The molecule has 1 amide bonds. The van der Waals surface area contributed by atoms with E-state index in [-0.39, 0.29) is 12.1 Å². The van der Waals surface area contributed by atoms with Crippen molar-refractivity contribution >= 4 is 14.2 Å². The number of rotatable bonds is 0. The van der Waals surface area contributed by atoms with Crippen molar-refractivity contribution in [3.05, 3.63) is 11.6 Å². The van der Waals surface area contributed by atoms with E-state index in [4.69, 9.17) is 4.74 Å². The third kappa shape index (κ3) is 4.37. The number of allylic oxidation sites excluding steroid dienone is 1. The monoisotopic (exact) mass is 305 g/mol. The first-order chi connectivity index (χ1) is 9.55. The van der Waals surface area contributed by atoms with Crippen LogP contribution in [0.4, 0.5) is 4.79 Å². The number of ether oxygens (including phenoxy) is 1. The fourth-order valence-corrected chi connectivity index (χ4v) is 3.25. The number of likely N-dealkylation sites (tertiary alicyclic amines) is 1. The summed E-state index contributed by atoms with van der Waals surface area (Å²) in [6.07, 6.45) is 4.10. The van der Waals surface area contributed by atoms with Gasteiger partial charge in [-0.2, -0.15) is 0 Å². The van der Waals surface area contributed by atoms with Gasteiger partial charge in [0.25, 0.3) is 0 Å². The molecule has 2 atom stereocenters. The van der Waals surface area contributed by atoms with E-state index in [1.54, 1.807) is 0 Å². The van der Waals surface area contributed by atoms with Crippen molar-refractivity contribution < 1.29 is 9.53 Å². The quantitative estimate of drug-likeness (QED) is 0.503. The Balaban J connectivity index is 2.15. The van der Waals surface area contributed by atoms with E-state index in [1.165, 1.54) is 0 Å². The molecule has 0 radical (unpaired) electrons. The number of amides is 1. The van der Waals surface area contributed by atoms with Crippen molar-refractivity contribution in [2.45, 2.75) is 64.9 Å². The molecular formula is C17H27NO2Si. The molecule has 0 spiro atoms. The van der Waals surface area contributed by atoms with Gasteiger partial charge in [0.2, 0.25) is 0 Å². The van der Waals surface area contributed by atoms with E-state index in [1.807, 2.05) is 25.7 Å². The van der Waals surface area contributed by atoms with Gasteiger partial charge < -0.3 is 9.64 Å². The van der Waals surface area contributed by atoms with Gasteiger partial charge in [0, 0.05) is 12.1 Å². The van der Waals surface area contributed by atoms with Crippen molar-refractivity contribution in [1.82, 2.24) is 4.90 Å². The lowest BCUT2D eigenvalue weighted by atomic mass is 9.91. The van der Waals surface area contributed by atoms with Crippen molar-refractivity contribution in [3.63, 3.8) is 0 Å². The Bertz CT molecular complexity index is 514. The van der Waals surface area contributed by atoms with Gasteiger partial charge in [-0.3, -0.25) is 0 Å². The summed E-state index contributed by atoms with van der Waals surface area (Å²) in [5.74, 6) is 3.93. The van der Waals surface area contributed by atoms with E-state index in [0.717, 1.165) is 25.0 Å². The Morgan fingerprint density at radius 1 is 1.38 bits per heavy atom. The van der Waals surface area contributed by atoms with E-state index >= 15 is 0 Å². The zero-order valence-corrected chi connectivity index (χ0v) is 15.1. The van der Waals surface area contributed by atoms with E-state index in [2.05, 4.69) is 37.2 Å². The summed E-state index contributed by atoms with van der Waals surface area (Å²) in [5, 5.41) is 0. The zero-order chi connectivity index (χ0) is 15.8. The molecule has 0 N–H and O–H groups in total. The molecule has 2 rings (SSSR count). The number of hydrogen-bond donors (Lipinski definition) is 0. The van der Waals surface area contributed by atoms with Crippen molar-refractivity contribution in [1.29, 1.82) is 0 Å². The molecule has 2 aliphatic rings. The van der Waals surface area contributed by atoms with Crippen LogP contribution in [0.3, 0.4) is 0 Å². The summed E-state index contributed by atoms with van der Waals surface area (Å²) >= 11 is 0. The lowest BCUT2D eigenvalue weighted by Gasteiger charge is -2.28. The minimum Gasteiger partial charge on any atom is -0.444 e. The lowest BCUT2D eigenvalue weighted by Crippen LogP contribution is -2.40. The predicted octanol–water partition coefficient (Wildman–Crippen LogP) is 3.82. The van der Waals surface area contributed by atoms with Crippen LogP contribution in [0.15, 0.2) is 11.6 Å². The Hall–Kier alpha value is -1.21. The Morgan fingerprint density at radius 3 is 2.62 bits per heavy atom. The summed E-state index contributed by atoms with van der Waals surface area (Å²) in [6, 6.07) is 0.127. The second kappa shape index (κ2) is 5.53. The molecule has 4 heteroatoms. The van der Waals surface area contributed by atoms with Crippen LogP contribution in [-0.2, 0) is 4.74 Å². The predicted molar refractivity (Wildman–Crippen MR) is 88.7 cm³/mol. The average Bonchev–Trinajstić information content (AvgIpc) is 2.63. The Morgan fingerprint density at radius 2 is 2.05 bits per heavy atom. The van der Waals surface area contributed by atoms with E-state index in [9.17, 15) is 4.79 Å². The minimum absolute atomic E-state index is 0.127. The molecule has 1 heterocycles. The maximum atomic E-state index is 12.4. The van der Waals surface area contributed by atoms with Crippen molar-refractivity contribution in [3.8, 4) is 11.5 Å². The maximum absolute atomic E-state index is 12.4. The molecule has 1 aliphatic carbocycles. The molecule has 1 saturated heterocycles. The number of hydrogen-bond acceptors (Lipinski definition) is 2. The average molecular weight is 305 g/mol. The first-order valence-corrected chi connectivity index (χ1v) is 11.3. The second-order valence-electron chi connectivity index (χ2n) is 8.15. The molecule has 0 aromatic rings. The van der Waals surface area contributed by atoms with Crippen LogP contribution < -0.4 is 0 Å². The Kier molecular flexibility index (Phi) is 4.26. The van der Waals surface area contributed by atoms with Crippen LogP contribution in [-0.4, -0.2) is 37.3 Å². The maximum Gasteiger partial charge on any atom is 0.410 e. The van der Waals surface area contributed by atoms with Gasteiger partial charge in [0.15, 0.2) is 0 Å². The number of carbonyl (C=O) groups excluding carboxylic acids is 1. The van der Waals surface area contributed by atoms with Crippen LogP contribution in [0.2, 0.25) is 19.6 Å². The molecule has 2 unspecified atom stereocenters. The lowest BCUT2D eigenvalue weighted by molar-refractivity contribution is 0.0249. The third-order valence-electron chi connectivity index (χ3n) is 3.63. The van der Waals surface area contributed by atoms with Gasteiger partial charge in [0.1, 0.15) is 13.7 Å². The number of nitrogens with zero attached hydrogens (tertiary/aromatic N) is 1. The molecule has 1 fully saturated rings. The van der Waals surface area contributed by atoms with E-state index < -0.39 is 13.7 Å². The Labute approximate surface area is 129 Å². The fourth-order valence-electron chi connectivity index (χ4n) is 2.73. The smallest absolute Gasteiger partial charge is 0.410 e. The van der Waals surface area contributed by atoms with E-state index in [0.29, 0.717) is 5.92 Å². The first-order valence-electron chi connectivity index (χ1n) is 7.78. The SMILES string of the molecule is CC(C)(C)OC(=O)N1CC2CC=C(C#C[Si](C)(C)C)C1C2. The fraction of sp³-hybridized carbons (Fsp3) is 0.706. The third-order valence-corrected chi connectivity index (χ3v) is 4.50. The van der Waals surface area contributed by atoms with Gasteiger partial charge in [-0.05, 0) is 39.5 Å². The highest BCUT2D eigenvalue weighted by Crippen LogP contribution is 2.36. The number of fused-ring (bicyclic) bond motifs is 2. The molecule has 2 bridgehead atoms. The van der Waals surface area contributed by atoms with Crippen LogP contribution in [0, 0.1) is 17.4 Å². The highest BCUT2D eigenvalue weighted by atomic mass is 28.3. The minimum atomic E-state index is -1.39. The number of carbonyl (C=O) groups is 1. The first kappa shape index (κ1) is 16.2. The highest BCUT2D eigenvalue weighted by Gasteiger charge is 2.41. The van der Waals surface area contributed by atoms with Gasteiger partial charge in [-0.1, -0.05) is 31.6 Å². The zero-order valence-electron chi connectivity index (χ0n) is 14.1. The van der Waals surface area contributed by atoms with Crippen molar-refractivity contribution in [2.24, 2.45) is 5.92 Å². The molecule has 21 heavy (non-hydrogen) atoms. The van der Waals surface area contributed by atoms with Gasteiger partial charge in [-0.15, -0.1) is 5.54 Å². The molecular weight excluding hydrogens is 278 g/mol. The topological polar surface area (TPSA) is 29.5 Å². The molecule has 0 aromatic carbocycles. The normalized spacial score (nSPS) is 25.0. The van der Waals surface area contributed by atoms with Crippen molar-refractivity contribution in [2.75, 3.05) is 6.54 Å². The second-order valence-corrected chi connectivity index (χ2v) is 12.9. The highest BCUT2D eigenvalue weighted by molar-refractivity contribution is 6.83. The molecule has 3 nitrogen and oxygen atoms in total. The van der Waals surface area contributed by atoms with Crippen LogP contribution in [0.25, 0.3) is 0 Å². The summed E-state index contributed by atoms with van der Waals surface area (Å²) in [6.45, 7) is 13.3. The van der Waals surface area contributed by atoms with Crippen LogP contribution in [0.5, 0.6) is 0 Å². The summed E-state index contributed by atoms with van der Waals surface area (Å²) in [5.41, 5.74) is 4.10. The summed E-state index contributed by atoms with van der Waals surface area (Å²) in [7, 11) is -1.39. The largest absolute Gasteiger partial charge is 0.444 e. The van der Waals surface area contributed by atoms with Gasteiger partial charge >= 0.3 is 6.09 Å². The summed E-state index contributed by atoms with van der Waals surface area (Å²) in [4.78, 5) is 14.3. The summed E-state index contributed by atoms with van der Waals surface area (Å²) < 4.78 is 5.54. The molecule has 1 aliphatic heterocycles. The van der Waals surface area contributed by atoms with Crippen LogP contribution >= 0.6 is 0 Å². The van der Waals surface area contributed by atoms with Gasteiger partial charge in [0.05, 0.1) is 6.04 Å². The van der Waals surface area contributed by atoms with Gasteiger partial charge in [-0.25, -0.2) is 4.79 Å². The molecule has 0 aromatic heterocycles. The van der Waals surface area contributed by atoms with Crippen LogP contribution in [0.1, 0.15) is 33.6 Å². The molecule has 0 saturated carbocycles. The molecule has 116 valence electrons. The standard InChI is InChI=1S/C17H27NO2Si/c1-17(2,3)20-16(19)18-12-13-7-8-14(15(18)11-13)9-10-21(4,5)6/h8,13,15H,7,11-12H2,1-6H3.